The summed E-state index contributed by atoms with van der Waals surface area (Å²) in [4.78, 5) is 22.6. The number of Topliss-reactive ketones (excluding diaryl/α,β-unsaturated/α-hetero) is 1. The van der Waals surface area contributed by atoms with Gasteiger partial charge >= 0.3 is 0 Å². The van der Waals surface area contributed by atoms with E-state index in [0.29, 0.717) is 17.8 Å². The van der Waals surface area contributed by atoms with Crippen LogP contribution in [0.4, 0.5) is 0 Å². The summed E-state index contributed by atoms with van der Waals surface area (Å²) < 4.78 is 0. The van der Waals surface area contributed by atoms with Gasteiger partial charge in [-0.05, 0) is 30.5 Å². The maximum absolute atomic E-state index is 11.7. The Hall–Kier alpha value is -1.64. The minimum absolute atomic E-state index is 0.0238. The zero-order valence-electron chi connectivity index (χ0n) is 9.11. The van der Waals surface area contributed by atoms with Gasteiger partial charge in [0.1, 0.15) is 5.78 Å². The fourth-order valence-electron chi connectivity index (χ4n) is 2.22. The van der Waals surface area contributed by atoms with Crippen LogP contribution in [0, 0.1) is 0 Å². The predicted molar refractivity (Wildman–Crippen MR) is 61.2 cm³/mol. The molecule has 2 rings (SSSR count). The van der Waals surface area contributed by atoms with Crippen molar-refractivity contribution >= 4 is 11.7 Å². The topological polar surface area (TPSA) is 60.2 Å². The first-order chi connectivity index (χ1) is 7.68. The average molecular weight is 217 g/mol. The molecular weight excluding hydrogens is 202 g/mol. The van der Waals surface area contributed by atoms with E-state index in [-0.39, 0.29) is 5.92 Å². The van der Waals surface area contributed by atoms with Gasteiger partial charge in [-0.15, -0.1) is 0 Å². The molecule has 0 saturated heterocycles. The Morgan fingerprint density at radius 2 is 1.88 bits per heavy atom. The number of amides is 1. The largest absolute Gasteiger partial charge is 0.366 e. The molecule has 1 aliphatic carbocycles. The van der Waals surface area contributed by atoms with Gasteiger partial charge in [0.15, 0.2) is 0 Å². The standard InChI is InChI=1S/C13H15NO2/c14-13(16)10-7-5-9(6-8-10)11-3-1-2-4-12(11)15/h5-8,11H,1-4H2,(H2,14,16). The van der Waals surface area contributed by atoms with E-state index in [1.54, 1.807) is 12.1 Å². The molecule has 0 spiro atoms. The van der Waals surface area contributed by atoms with Gasteiger partial charge in [0, 0.05) is 17.9 Å². The molecule has 3 heteroatoms. The highest BCUT2D eigenvalue weighted by Crippen LogP contribution is 2.29. The molecule has 1 atom stereocenters. The zero-order valence-corrected chi connectivity index (χ0v) is 9.11. The number of ketones is 1. The maximum Gasteiger partial charge on any atom is 0.248 e. The van der Waals surface area contributed by atoms with Crippen molar-refractivity contribution in [2.45, 2.75) is 31.6 Å². The molecule has 2 N–H and O–H groups in total. The van der Waals surface area contributed by atoms with E-state index in [2.05, 4.69) is 0 Å². The molecule has 1 unspecified atom stereocenters. The van der Waals surface area contributed by atoms with E-state index in [1.165, 1.54) is 0 Å². The molecule has 0 heterocycles. The van der Waals surface area contributed by atoms with Crippen molar-refractivity contribution in [2.24, 2.45) is 5.73 Å². The second kappa shape index (κ2) is 4.47. The van der Waals surface area contributed by atoms with Crippen LogP contribution >= 0.6 is 0 Å². The van der Waals surface area contributed by atoms with Gasteiger partial charge < -0.3 is 5.73 Å². The van der Waals surface area contributed by atoms with Crippen LogP contribution in [0.3, 0.4) is 0 Å². The van der Waals surface area contributed by atoms with Crippen LogP contribution in [-0.2, 0) is 4.79 Å². The van der Waals surface area contributed by atoms with Crippen LogP contribution in [0.25, 0.3) is 0 Å². The molecule has 0 bridgehead atoms. The minimum atomic E-state index is -0.429. The number of rotatable bonds is 2. The van der Waals surface area contributed by atoms with Gasteiger partial charge in [0.05, 0.1) is 0 Å². The molecule has 16 heavy (non-hydrogen) atoms. The first-order valence-corrected chi connectivity index (χ1v) is 5.61. The molecule has 0 aliphatic heterocycles. The fraction of sp³-hybridized carbons (Fsp3) is 0.385. The zero-order chi connectivity index (χ0) is 11.5. The van der Waals surface area contributed by atoms with E-state index >= 15 is 0 Å². The van der Waals surface area contributed by atoms with E-state index in [4.69, 9.17) is 5.73 Å². The van der Waals surface area contributed by atoms with Crippen molar-refractivity contribution < 1.29 is 9.59 Å². The summed E-state index contributed by atoms with van der Waals surface area (Å²) >= 11 is 0. The highest BCUT2D eigenvalue weighted by atomic mass is 16.1. The molecular formula is C13H15NO2. The first-order valence-electron chi connectivity index (χ1n) is 5.61. The van der Waals surface area contributed by atoms with Crippen molar-refractivity contribution in [3.05, 3.63) is 35.4 Å². The molecule has 1 amide bonds. The van der Waals surface area contributed by atoms with Gasteiger partial charge in [-0.25, -0.2) is 0 Å². The lowest BCUT2D eigenvalue weighted by atomic mass is 9.83. The highest BCUT2D eigenvalue weighted by Gasteiger charge is 2.23. The maximum atomic E-state index is 11.7. The Bertz CT molecular complexity index is 408. The number of primary amides is 1. The van der Waals surface area contributed by atoms with E-state index in [0.717, 1.165) is 24.8 Å². The number of hydrogen-bond donors (Lipinski definition) is 1. The molecule has 0 radical (unpaired) electrons. The lowest BCUT2D eigenvalue weighted by Crippen LogP contribution is -2.17. The van der Waals surface area contributed by atoms with Crippen molar-refractivity contribution in [2.75, 3.05) is 0 Å². The van der Waals surface area contributed by atoms with E-state index in [9.17, 15) is 9.59 Å². The minimum Gasteiger partial charge on any atom is -0.366 e. The summed E-state index contributed by atoms with van der Waals surface area (Å²) in [7, 11) is 0. The van der Waals surface area contributed by atoms with Crippen molar-refractivity contribution in [3.8, 4) is 0 Å². The first kappa shape index (κ1) is 10.9. The highest BCUT2D eigenvalue weighted by molar-refractivity contribution is 5.93. The Morgan fingerprint density at radius 3 is 2.44 bits per heavy atom. The van der Waals surface area contributed by atoms with Gasteiger partial charge in [-0.1, -0.05) is 18.6 Å². The molecule has 1 aliphatic rings. The lowest BCUT2D eigenvalue weighted by Gasteiger charge is -2.20. The van der Waals surface area contributed by atoms with Gasteiger partial charge in [0.2, 0.25) is 5.91 Å². The lowest BCUT2D eigenvalue weighted by molar-refractivity contribution is -0.121. The fourth-order valence-corrected chi connectivity index (χ4v) is 2.22. The normalized spacial score (nSPS) is 20.8. The Morgan fingerprint density at radius 1 is 1.19 bits per heavy atom. The molecule has 0 aromatic heterocycles. The smallest absolute Gasteiger partial charge is 0.248 e. The Labute approximate surface area is 94.6 Å². The molecule has 84 valence electrons. The summed E-state index contributed by atoms with van der Waals surface area (Å²) in [6.45, 7) is 0. The third-order valence-corrected chi connectivity index (χ3v) is 3.15. The number of benzene rings is 1. The van der Waals surface area contributed by atoms with Crippen LogP contribution in [0.1, 0.15) is 47.5 Å². The van der Waals surface area contributed by atoms with E-state index in [1.807, 2.05) is 12.1 Å². The van der Waals surface area contributed by atoms with Crippen molar-refractivity contribution in [1.82, 2.24) is 0 Å². The molecule has 1 fully saturated rings. The van der Waals surface area contributed by atoms with Crippen LogP contribution in [-0.4, -0.2) is 11.7 Å². The second-order valence-electron chi connectivity index (χ2n) is 4.25. The van der Waals surface area contributed by atoms with Crippen molar-refractivity contribution in [3.63, 3.8) is 0 Å². The van der Waals surface area contributed by atoms with Crippen LogP contribution < -0.4 is 5.73 Å². The monoisotopic (exact) mass is 217 g/mol. The number of nitrogens with two attached hydrogens (primary N) is 1. The Kier molecular flexibility index (Phi) is 3.04. The van der Waals surface area contributed by atoms with Crippen LogP contribution in [0.5, 0.6) is 0 Å². The third kappa shape index (κ3) is 2.13. The SMILES string of the molecule is NC(=O)c1ccc(C2CCCCC2=O)cc1. The average Bonchev–Trinajstić information content (AvgIpc) is 2.30. The van der Waals surface area contributed by atoms with Gasteiger partial charge in [-0.2, -0.15) is 0 Å². The van der Waals surface area contributed by atoms with E-state index < -0.39 is 5.91 Å². The molecule has 1 saturated carbocycles. The quantitative estimate of drug-likeness (QED) is 0.823. The summed E-state index contributed by atoms with van der Waals surface area (Å²) in [5.74, 6) is -0.0877. The number of hydrogen-bond acceptors (Lipinski definition) is 2. The molecule has 1 aromatic rings. The van der Waals surface area contributed by atoms with Crippen LogP contribution in [0.15, 0.2) is 24.3 Å². The summed E-state index contributed by atoms with van der Waals surface area (Å²) in [5.41, 5.74) is 6.67. The summed E-state index contributed by atoms with van der Waals surface area (Å²) in [6.07, 6.45) is 3.72. The second-order valence-corrected chi connectivity index (χ2v) is 4.25. The summed E-state index contributed by atoms with van der Waals surface area (Å²) in [6, 6.07) is 7.07. The Balaban J connectivity index is 2.20. The van der Waals surface area contributed by atoms with Crippen LogP contribution in [0.2, 0.25) is 0 Å². The predicted octanol–water partition coefficient (Wildman–Crippen LogP) is 2.01. The number of carbonyl (C=O) groups excluding carboxylic acids is 2. The third-order valence-electron chi connectivity index (χ3n) is 3.15. The van der Waals surface area contributed by atoms with Gasteiger partial charge in [-0.3, -0.25) is 9.59 Å². The molecule has 3 nitrogen and oxygen atoms in total. The van der Waals surface area contributed by atoms with Crippen molar-refractivity contribution in [1.29, 1.82) is 0 Å². The summed E-state index contributed by atoms with van der Waals surface area (Å²) in [5, 5.41) is 0. The molecule has 1 aromatic carbocycles. The van der Waals surface area contributed by atoms with Gasteiger partial charge in [0.25, 0.3) is 0 Å². The number of carbonyl (C=O) groups is 2.